The normalized spacial score (nSPS) is 10.9. The Bertz CT molecular complexity index is 1050. The van der Waals surface area contributed by atoms with Gasteiger partial charge in [0.1, 0.15) is 17.5 Å². The van der Waals surface area contributed by atoms with Crippen molar-refractivity contribution in [3.63, 3.8) is 0 Å². The number of aliphatic hydroxyl groups is 2. The standard InChI is InChI=1S/C24H45N3O3.C18H36O2.C9H20O.Y/c1-3-4-5-6-7-12-17-27(18-13-8-9-15-20-28)19-14-10-11-16-26-22-21(25-2)23(29)24(22)30;1-3-5-7-9-11-13-15-18(20-17-19)16-14-12-10-8-6-4-2;1-2-3-4-5-6-7-8-9-10;/h25-26,28H,3-20H2,1-2H3;17-18H,3-16H2,1-2H3;10H,2-9H2,1H3;. The molecule has 1 radical (unpaired) electrons. The maximum absolute atomic E-state index is 11.6. The molecule has 0 saturated heterocycles. The molecule has 4 N–H and O–H groups in total. The van der Waals surface area contributed by atoms with Gasteiger partial charge in [0.15, 0.2) is 0 Å². The second-order valence-electron chi connectivity index (χ2n) is 17.2. The van der Waals surface area contributed by atoms with Gasteiger partial charge < -0.3 is 30.5 Å². The quantitative estimate of drug-likeness (QED) is 0.0287. The second kappa shape index (κ2) is 53.5. The summed E-state index contributed by atoms with van der Waals surface area (Å²) < 4.78 is 5.22. The van der Waals surface area contributed by atoms with Gasteiger partial charge in [0.2, 0.25) is 0 Å². The Labute approximate surface area is 402 Å². The van der Waals surface area contributed by atoms with Gasteiger partial charge in [-0.05, 0) is 83.8 Å². The Morgan fingerprint density at radius 1 is 0.492 bits per heavy atom. The molecule has 0 aromatic heterocycles. The van der Waals surface area contributed by atoms with E-state index in [0.29, 0.717) is 31.1 Å². The van der Waals surface area contributed by atoms with Crippen LogP contribution in [0.25, 0.3) is 0 Å². The minimum absolute atomic E-state index is 0. The number of carbonyl (C=O) groups is 1. The van der Waals surface area contributed by atoms with E-state index in [2.05, 4.69) is 43.2 Å². The zero-order valence-electron chi connectivity index (χ0n) is 41.0. The average Bonchev–Trinajstić information content (AvgIpc) is 3.26. The van der Waals surface area contributed by atoms with E-state index in [4.69, 9.17) is 14.9 Å². The van der Waals surface area contributed by atoms with Gasteiger partial charge in [-0.15, -0.1) is 0 Å². The molecule has 9 nitrogen and oxygen atoms in total. The van der Waals surface area contributed by atoms with Crippen molar-refractivity contribution in [2.45, 2.75) is 252 Å². The molecule has 0 aliphatic carbocycles. The first-order valence-corrected chi connectivity index (χ1v) is 25.7. The summed E-state index contributed by atoms with van der Waals surface area (Å²) in [5.74, 6) is 0. The van der Waals surface area contributed by atoms with E-state index >= 15 is 0 Å². The molecule has 0 spiro atoms. The van der Waals surface area contributed by atoms with Crippen LogP contribution in [0.1, 0.15) is 246 Å². The molecule has 1 aromatic carbocycles. The SMILES string of the molecule is CCCCCCCCC(CCCCCCCC)OC=O.CCCCCCCCCO.CCCCCCCCN(CCCCCCO)CCCCCNc1c(NC)c(=O)c1=O.[Y]. The minimum Gasteiger partial charge on any atom is -0.465 e. The van der Waals surface area contributed by atoms with Gasteiger partial charge in [-0.1, -0.05) is 182 Å². The van der Waals surface area contributed by atoms with E-state index in [1.54, 1.807) is 7.05 Å². The van der Waals surface area contributed by atoms with Crippen LogP contribution in [-0.2, 0) is 42.2 Å². The summed E-state index contributed by atoms with van der Waals surface area (Å²) in [5.41, 5.74) is 0.0661. The molecule has 1 rings (SSSR count). The Morgan fingerprint density at radius 2 is 0.820 bits per heavy atom. The third-order valence-electron chi connectivity index (χ3n) is 11.6. The van der Waals surface area contributed by atoms with E-state index in [-0.39, 0.29) is 38.8 Å². The van der Waals surface area contributed by atoms with E-state index in [1.807, 2.05) is 0 Å². The van der Waals surface area contributed by atoms with E-state index in [0.717, 1.165) is 64.6 Å². The molecule has 61 heavy (non-hydrogen) atoms. The molecule has 0 saturated carbocycles. The van der Waals surface area contributed by atoms with Gasteiger partial charge in [0, 0.05) is 59.5 Å². The van der Waals surface area contributed by atoms with Crippen LogP contribution in [0.5, 0.6) is 0 Å². The van der Waals surface area contributed by atoms with Gasteiger partial charge in [-0.3, -0.25) is 14.4 Å². The van der Waals surface area contributed by atoms with Crippen molar-refractivity contribution in [1.82, 2.24) is 4.90 Å². The summed E-state index contributed by atoms with van der Waals surface area (Å²) in [6, 6.07) is 0. The molecule has 0 atom stereocenters. The minimum atomic E-state index is -0.413. The predicted octanol–water partition coefficient (Wildman–Crippen LogP) is 12.9. The van der Waals surface area contributed by atoms with Crippen LogP contribution in [0.3, 0.4) is 0 Å². The number of carbonyl (C=O) groups excluding carboxylic acids is 1. The fraction of sp³-hybridized carbons (Fsp3) is 0.902. The Balaban J connectivity index is -0.000000932. The van der Waals surface area contributed by atoms with Crippen molar-refractivity contribution in [3.8, 4) is 0 Å². The van der Waals surface area contributed by atoms with Gasteiger partial charge >= 0.3 is 0 Å². The number of aliphatic hydroxyl groups excluding tert-OH is 2. The summed E-state index contributed by atoms with van der Waals surface area (Å²) in [6.07, 6.45) is 42.6. The summed E-state index contributed by atoms with van der Waals surface area (Å²) >= 11 is 0. The monoisotopic (exact) mass is 941 g/mol. The Morgan fingerprint density at radius 3 is 1.18 bits per heavy atom. The van der Waals surface area contributed by atoms with E-state index in [1.165, 1.54) is 180 Å². The van der Waals surface area contributed by atoms with Gasteiger partial charge in [-0.25, -0.2) is 0 Å². The van der Waals surface area contributed by atoms with Crippen LogP contribution in [0.15, 0.2) is 9.59 Å². The molecule has 10 heteroatoms. The molecule has 0 heterocycles. The van der Waals surface area contributed by atoms with Gasteiger partial charge in [0.25, 0.3) is 17.3 Å². The predicted molar refractivity (Wildman–Crippen MR) is 261 cm³/mol. The van der Waals surface area contributed by atoms with Crippen LogP contribution >= 0.6 is 0 Å². The van der Waals surface area contributed by atoms with Crippen molar-refractivity contribution in [3.05, 3.63) is 20.4 Å². The summed E-state index contributed by atoms with van der Waals surface area (Å²) in [5, 5.41) is 23.3. The van der Waals surface area contributed by atoms with Crippen LogP contribution in [0, 0.1) is 0 Å². The fourth-order valence-corrected chi connectivity index (χ4v) is 7.63. The van der Waals surface area contributed by atoms with Crippen LogP contribution in [-0.4, -0.2) is 74.1 Å². The first-order valence-electron chi connectivity index (χ1n) is 25.7. The topological polar surface area (TPSA) is 128 Å². The van der Waals surface area contributed by atoms with Crippen LogP contribution in [0.4, 0.5) is 11.4 Å². The Kier molecular flexibility index (Phi) is 56.5. The number of unbranched alkanes of at least 4 members (excludes halogenated alkanes) is 26. The summed E-state index contributed by atoms with van der Waals surface area (Å²) in [6.45, 7) is 14.5. The number of hydrogen-bond donors (Lipinski definition) is 4. The van der Waals surface area contributed by atoms with Crippen molar-refractivity contribution >= 4 is 17.8 Å². The molecule has 0 fully saturated rings. The smallest absolute Gasteiger partial charge is 0.293 e. The van der Waals surface area contributed by atoms with Crippen molar-refractivity contribution in [1.29, 1.82) is 0 Å². The maximum Gasteiger partial charge on any atom is 0.293 e. The number of hydrogen-bond acceptors (Lipinski definition) is 9. The molecule has 0 bridgehead atoms. The molecule has 0 aliphatic rings. The van der Waals surface area contributed by atoms with Crippen molar-refractivity contribution in [2.75, 3.05) is 57.1 Å². The van der Waals surface area contributed by atoms with Gasteiger partial charge in [-0.2, -0.15) is 0 Å². The molecule has 359 valence electrons. The molecule has 0 unspecified atom stereocenters. The van der Waals surface area contributed by atoms with E-state index < -0.39 is 10.9 Å². The average molecular weight is 941 g/mol. The Hall–Kier alpha value is -0.866. The molecule has 1 aromatic rings. The zero-order chi connectivity index (χ0) is 44.6. The summed E-state index contributed by atoms with van der Waals surface area (Å²) in [4.78, 5) is 36.1. The third kappa shape index (κ3) is 42.8. The van der Waals surface area contributed by atoms with Crippen molar-refractivity contribution < 1.29 is 52.5 Å². The van der Waals surface area contributed by atoms with Crippen molar-refractivity contribution in [2.24, 2.45) is 0 Å². The first-order chi connectivity index (χ1) is 29.4. The largest absolute Gasteiger partial charge is 0.465 e. The molecule has 0 aliphatic heterocycles. The zero-order valence-corrected chi connectivity index (χ0v) is 43.8. The maximum atomic E-state index is 11.6. The first kappa shape index (κ1) is 64.4. The molecular weight excluding hydrogens is 839 g/mol. The molecular formula is C51H101N3O6Y. The number of nitrogens with zero attached hydrogens (tertiary/aromatic N) is 1. The van der Waals surface area contributed by atoms with E-state index in [9.17, 15) is 14.4 Å². The molecule has 0 amide bonds. The third-order valence-corrected chi connectivity index (χ3v) is 11.6. The number of anilines is 2. The van der Waals surface area contributed by atoms with Gasteiger partial charge in [0.05, 0.1) is 0 Å². The number of ether oxygens (including phenoxy) is 1. The summed E-state index contributed by atoms with van der Waals surface area (Å²) in [7, 11) is 1.67. The van der Waals surface area contributed by atoms with Crippen LogP contribution in [0.2, 0.25) is 0 Å². The second-order valence-corrected chi connectivity index (χ2v) is 17.2. The fourth-order valence-electron chi connectivity index (χ4n) is 7.63. The van der Waals surface area contributed by atoms with Crippen LogP contribution < -0.4 is 21.5 Å². The number of nitrogens with one attached hydrogen (secondary N) is 2. The number of rotatable bonds is 44.